The lowest BCUT2D eigenvalue weighted by Gasteiger charge is -2.17. The summed E-state index contributed by atoms with van der Waals surface area (Å²) in [5, 5.41) is 0. The van der Waals surface area contributed by atoms with E-state index in [9.17, 15) is 4.79 Å². The monoisotopic (exact) mass is 264 g/mol. The number of ketones is 1. The second kappa shape index (κ2) is 6.60. The van der Waals surface area contributed by atoms with Crippen molar-refractivity contribution in [3.05, 3.63) is 23.8 Å². The first-order valence-electron chi connectivity index (χ1n) is 6.63. The van der Waals surface area contributed by atoms with Crippen molar-refractivity contribution in [2.75, 3.05) is 14.2 Å². The summed E-state index contributed by atoms with van der Waals surface area (Å²) < 4.78 is 10.5. The lowest BCUT2D eigenvalue weighted by atomic mass is 9.89. The number of methoxy groups -OCH3 is 2. The zero-order chi connectivity index (χ0) is 14.5. The van der Waals surface area contributed by atoms with E-state index in [1.807, 2.05) is 6.07 Å². The first kappa shape index (κ1) is 15.5. The molecule has 1 aromatic rings. The molecule has 0 saturated carbocycles. The first-order chi connectivity index (χ1) is 8.89. The van der Waals surface area contributed by atoms with Gasteiger partial charge in [-0.1, -0.05) is 26.8 Å². The van der Waals surface area contributed by atoms with E-state index in [0.29, 0.717) is 23.5 Å². The number of hydrogen-bond donors (Lipinski definition) is 0. The molecule has 0 fully saturated rings. The minimum atomic E-state index is 0.0820. The summed E-state index contributed by atoms with van der Waals surface area (Å²) in [6.45, 7) is 6.55. The third kappa shape index (κ3) is 4.58. The number of Topliss-reactive ketones (excluding diaryl/α,β-unsaturated/α-hetero) is 1. The van der Waals surface area contributed by atoms with E-state index in [1.54, 1.807) is 26.4 Å². The molecule has 0 aliphatic carbocycles. The van der Waals surface area contributed by atoms with Crippen LogP contribution in [0.3, 0.4) is 0 Å². The Morgan fingerprint density at radius 1 is 1.11 bits per heavy atom. The maximum absolute atomic E-state index is 12.3. The molecule has 0 saturated heterocycles. The van der Waals surface area contributed by atoms with Gasteiger partial charge in [0.1, 0.15) is 17.1 Å². The van der Waals surface area contributed by atoms with E-state index in [-0.39, 0.29) is 11.2 Å². The third-order valence-electron chi connectivity index (χ3n) is 3.04. The highest BCUT2D eigenvalue weighted by Crippen LogP contribution is 2.30. The number of hydrogen-bond acceptors (Lipinski definition) is 3. The van der Waals surface area contributed by atoms with Crippen LogP contribution in [0.4, 0.5) is 0 Å². The molecule has 19 heavy (non-hydrogen) atoms. The van der Waals surface area contributed by atoms with Crippen molar-refractivity contribution >= 4 is 5.78 Å². The van der Waals surface area contributed by atoms with Crippen molar-refractivity contribution in [2.24, 2.45) is 5.41 Å². The van der Waals surface area contributed by atoms with Crippen molar-refractivity contribution in [1.29, 1.82) is 0 Å². The predicted molar refractivity (Wildman–Crippen MR) is 77.2 cm³/mol. The Balaban J connectivity index is 2.81. The number of rotatable bonds is 6. The van der Waals surface area contributed by atoms with Gasteiger partial charge in [-0.05, 0) is 30.4 Å². The Bertz CT molecular complexity index is 408. The summed E-state index contributed by atoms with van der Waals surface area (Å²) in [7, 11) is 3.14. The number of carbonyl (C=O) groups excluding carboxylic acids is 1. The summed E-state index contributed by atoms with van der Waals surface area (Å²) in [6, 6.07) is 5.41. The van der Waals surface area contributed by atoms with E-state index < -0.39 is 0 Å². The van der Waals surface area contributed by atoms with Crippen molar-refractivity contribution in [3.8, 4) is 11.5 Å². The van der Waals surface area contributed by atoms with Crippen LogP contribution in [-0.4, -0.2) is 20.0 Å². The van der Waals surface area contributed by atoms with Crippen LogP contribution in [0.2, 0.25) is 0 Å². The Labute approximate surface area is 115 Å². The summed E-state index contributed by atoms with van der Waals surface area (Å²) in [4.78, 5) is 12.3. The maximum atomic E-state index is 12.3. The van der Waals surface area contributed by atoms with Gasteiger partial charge in [0.15, 0.2) is 5.78 Å². The molecule has 0 radical (unpaired) electrons. The molecule has 106 valence electrons. The van der Waals surface area contributed by atoms with Crippen LogP contribution in [0.1, 0.15) is 50.4 Å². The summed E-state index contributed by atoms with van der Waals surface area (Å²) >= 11 is 0. The van der Waals surface area contributed by atoms with E-state index in [4.69, 9.17) is 9.47 Å². The zero-order valence-corrected chi connectivity index (χ0v) is 12.6. The maximum Gasteiger partial charge on any atom is 0.170 e. The fourth-order valence-corrected chi connectivity index (χ4v) is 2.03. The molecule has 0 spiro atoms. The number of carbonyl (C=O) groups is 1. The molecular weight excluding hydrogens is 240 g/mol. The highest BCUT2D eigenvalue weighted by Gasteiger charge is 2.18. The zero-order valence-electron chi connectivity index (χ0n) is 12.6. The van der Waals surface area contributed by atoms with E-state index in [0.717, 1.165) is 12.8 Å². The van der Waals surface area contributed by atoms with Gasteiger partial charge in [-0.25, -0.2) is 0 Å². The van der Waals surface area contributed by atoms with Crippen LogP contribution in [0.5, 0.6) is 11.5 Å². The van der Waals surface area contributed by atoms with Crippen LogP contribution in [-0.2, 0) is 0 Å². The predicted octanol–water partition coefficient (Wildman–Crippen LogP) is 4.10. The van der Waals surface area contributed by atoms with Gasteiger partial charge in [0.05, 0.1) is 14.2 Å². The quantitative estimate of drug-likeness (QED) is 0.725. The van der Waals surface area contributed by atoms with Gasteiger partial charge >= 0.3 is 0 Å². The molecule has 3 nitrogen and oxygen atoms in total. The Morgan fingerprint density at radius 2 is 1.63 bits per heavy atom. The van der Waals surface area contributed by atoms with Crippen molar-refractivity contribution in [1.82, 2.24) is 0 Å². The van der Waals surface area contributed by atoms with Gasteiger partial charge in [-0.2, -0.15) is 0 Å². The largest absolute Gasteiger partial charge is 0.496 e. The molecule has 0 bridgehead atoms. The van der Waals surface area contributed by atoms with Gasteiger partial charge in [-0.3, -0.25) is 4.79 Å². The average molecular weight is 264 g/mol. The van der Waals surface area contributed by atoms with Crippen LogP contribution in [0, 0.1) is 5.41 Å². The molecular formula is C16H24O3. The minimum Gasteiger partial charge on any atom is -0.496 e. The van der Waals surface area contributed by atoms with Gasteiger partial charge < -0.3 is 9.47 Å². The Hall–Kier alpha value is -1.51. The molecule has 0 N–H and O–H groups in total. The molecule has 1 rings (SSSR count). The second-order valence-electron chi connectivity index (χ2n) is 5.87. The van der Waals surface area contributed by atoms with Crippen molar-refractivity contribution in [3.63, 3.8) is 0 Å². The summed E-state index contributed by atoms with van der Waals surface area (Å²) in [6.07, 6.45) is 2.42. The van der Waals surface area contributed by atoms with Crippen LogP contribution >= 0.6 is 0 Å². The normalized spacial score (nSPS) is 11.2. The molecule has 0 atom stereocenters. The molecule has 0 aliphatic rings. The minimum absolute atomic E-state index is 0.0820. The lowest BCUT2D eigenvalue weighted by Crippen LogP contribution is -2.08. The van der Waals surface area contributed by atoms with E-state index in [1.165, 1.54) is 0 Å². The van der Waals surface area contributed by atoms with Crippen LogP contribution in [0.15, 0.2) is 18.2 Å². The molecule has 0 heterocycles. The SMILES string of the molecule is COc1cccc(OC)c1C(=O)CCCC(C)(C)C. The van der Waals surface area contributed by atoms with Crippen LogP contribution in [0.25, 0.3) is 0 Å². The van der Waals surface area contributed by atoms with Gasteiger partial charge in [0.25, 0.3) is 0 Å². The van der Waals surface area contributed by atoms with Gasteiger partial charge in [0, 0.05) is 6.42 Å². The topological polar surface area (TPSA) is 35.5 Å². The van der Waals surface area contributed by atoms with Gasteiger partial charge in [0.2, 0.25) is 0 Å². The smallest absolute Gasteiger partial charge is 0.170 e. The molecule has 3 heteroatoms. The highest BCUT2D eigenvalue weighted by atomic mass is 16.5. The summed E-state index contributed by atoms with van der Waals surface area (Å²) in [5.41, 5.74) is 0.812. The number of ether oxygens (including phenoxy) is 2. The molecule has 0 aliphatic heterocycles. The molecule has 0 amide bonds. The van der Waals surface area contributed by atoms with Gasteiger partial charge in [-0.15, -0.1) is 0 Å². The van der Waals surface area contributed by atoms with Crippen LogP contribution < -0.4 is 9.47 Å². The van der Waals surface area contributed by atoms with E-state index >= 15 is 0 Å². The fourth-order valence-electron chi connectivity index (χ4n) is 2.03. The average Bonchev–Trinajstić information content (AvgIpc) is 2.35. The Kier molecular flexibility index (Phi) is 5.40. The molecule has 0 aromatic heterocycles. The highest BCUT2D eigenvalue weighted by molar-refractivity contribution is 6.01. The third-order valence-corrected chi connectivity index (χ3v) is 3.04. The van der Waals surface area contributed by atoms with E-state index in [2.05, 4.69) is 20.8 Å². The number of benzene rings is 1. The molecule has 1 aromatic carbocycles. The molecule has 0 unspecified atom stereocenters. The lowest BCUT2D eigenvalue weighted by molar-refractivity contribution is 0.0970. The first-order valence-corrected chi connectivity index (χ1v) is 6.63. The summed E-state index contributed by atoms with van der Waals surface area (Å²) in [5.74, 6) is 1.25. The fraction of sp³-hybridized carbons (Fsp3) is 0.562. The van der Waals surface area contributed by atoms with Crippen molar-refractivity contribution < 1.29 is 14.3 Å². The standard InChI is InChI=1S/C16H24O3/c1-16(2,3)11-7-8-12(17)15-13(18-4)9-6-10-14(15)19-5/h6,9-10H,7-8,11H2,1-5H3. The Morgan fingerprint density at radius 3 is 2.05 bits per heavy atom. The second-order valence-corrected chi connectivity index (χ2v) is 5.87. The van der Waals surface area contributed by atoms with Crippen molar-refractivity contribution in [2.45, 2.75) is 40.0 Å².